The zero-order chi connectivity index (χ0) is 20.6. The number of likely N-dealkylation sites (tertiary alicyclic amines) is 1. The molecule has 0 amide bonds. The third kappa shape index (κ3) is 6.93. The molecule has 1 atom stereocenters. The van der Waals surface area contributed by atoms with Gasteiger partial charge in [-0.3, -0.25) is 9.88 Å². The van der Waals surface area contributed by atoms with Gasteiger partial charge in [0.15, 0.2) is 0 Å². The molecule has 1 aliphatic rings. The maximum absolute atomic E-state index is 10.6. The molecule has 0 radical (unpaired) electrons. The van der Waals surface area contributed by atoms with E-state index in [1.807, 2.05) is 29.2 Å². The normalized spacial score (nSPS) is 18.5. The minimum atomic E-state index is -5.08. The highest BCUT2D eigenvalue weighted by atomic mass is 19.4. The lowest BCUT2D eigenvalue weighted by atomic mass is 10.1. The summed E-state index contributed by atoms with van der Waals surface area (Å²) < 4.78 is 33.7. The van der Waals surface area contributed by atoms with E-state index in [2.05, 4.69) is 21.0 Å². The van der Waals surface area contributed by atoms with Gasteiger partial charge in [-0.05, 0) is 37.6 Å². The van der Waals surface area contributed by atoms with Gasteiger partial charge in [0.25, 0.3) is 0 Å². The minimum Gasteiger partial charge on any atom is -0.475 e. The number of carboxylic acid groups (broad SMARTS) is 1. The van der Waals surface area contributed by atoms with Gasteiger partial charge in [0.2, 0.25) is 0 Å². The van der Waals surface area contributed by atoms with Crippen molar-refractivity contribution in [1.82, 2.24) is 19.7 Å². The molecule has 0 aliphatic carbocycles. The van der Waals surface area contributed by atoms with Gasteiger partial charge in [-0.15, -0.1) is 0 Å². The molecule has 2 aromatic rings. The van der Waals surface area contributed by atoms with Crippen LogP contribution in [0.1, 0.15) is 31.4 Å². The highest BCUT2D eigenvalue weighted by Gasteiger charge is 2.38. The van der Waals surface area contributed by atoms with E-state index in [1.165, 1.54) is 25.0 Å². The fourth-order valence-corrected chi connectivity index (χ4v) is 2.97. The number of alkyl halides is 3. The maximum atomic E-state index is 10.6. The van der Waals surface area contributed by atoms with Crippen LogP contribution in [0, 0.1) is 0 Å². The van der Waals surface area contributed by atoms with Crippen LogP contribution in [0.15, 0.2) is 36.8 Å². The van der Waals surface area contributed by atoms with E-state index in [0.29, 0.717) is 6.04 Å². The van der Waals surface area contributed by atoms with Crippen LogP contribution < -0.4 is 5.73 Å². The number of pyridine rings is 1. The molecule has 28 heavy (non-hydrogen) atoms. The van der Waals surface area contributed by atoms with Crippen LogP contribution in [0.3, 0.4) is 0 Å². The Bertz CT molecular complexity index is 736. The number of hydrogen-bond acceptors (Lipinski definition) is 5. The lowest BCUT2D eigenvalue weighted by molar-refractivity contribution is -0.192. The molecular formula is C18H24F3N5O2. The molecular weight excluding hydrogens is 375 g/mol. The Morgan fingerprint density at radius 1 is 1.25 bits per heavy atom. The SMILES string of the molecule is NC1CCCCCN(Cc2ccnn2-c2cccnc2)C1.O=C(O)C(F)(F)F. The van der Waals surface area contributed by atoms with Crippen molar-refractivity contribution in [2.75, 3.05) is 13.1 Å². The summed E-state index contributed by atoms with van der Waals surface area (Å²) in [6.07, 6.45) is 5.34. The predicted molar refractivity (Wildman–Crippen MR) is 96.8 cm³/mol. The van der Waals surface area contributed by atoms with Crippen LogP contribution in [0.2, 0.25) is 0 Å². The summed E-state index contributed by atoms with van der Waals surface area (Å²) in [5.74, 6) is -2.76. The van der Waals surface area contributed by atoms with E-state index >= 15 is 0 Å². The lowest BCUT2D eigenvalue weighted by Crippen LogP contribution is -2.39. The second kappa shape index (κ2) is 10.2. The largest absolute Gasteiger partial charge is 0.490 e. The fraction of sp³-hybridized carbons (Fsp3) is 0.500. The topological polar surface area (TPSA) is 97.3 Å². The van der Waals surface area contributed by atoms with Gasteiger partial charge in [-0.1, -0.05) is 12.8 Å². The number of nitrogens with two attached hydrogens (primary N) is 1. The molecule has 1 saturated heterocycles. The average molecular weight is 399 g/mol. The summed E-state index contributed by atoms with van der Waals surface area (Å²) >= 11 is 0. The highest BCUT2D eigenvalue weighted by molar-refractivity contribution is 5.73. The molecule has 1 unspecified atom stereocenters. The molecule has 1 aliphatic heterocycles. The van der Waals surface area contributed by atoms with Gasteiger partial charge in [-0.25, -0.2) is 9.48 Å². The number of aliphatic carboxylic acids is 1. The first-order chi connectivity index (χ1) is 13.3. The lowest BCUT2D eigenvalue weighted by Gasteiger charge is -2.28. The molecule has 0 spiro atoms. The van der Waals surface area contributed by atoms with Crippen LogP contribution >= 0.6 is 0 Å². The average Bonchev–Trinajstić information content (AvgIpc) is 3.08. The van der Waals surface area contributed by atoms with Crippen molar-refractivity contribution in [2.24, 2.45) is 5.73 Å². The smallest absolute Gasteiger partial charge is 0.475 e. The zero-order valence-corrected chi connectivity index (χ0v) is 15.3. The molecule has 0 bridgehead atoms. The van der Waals surface area contributed by atoms with Crippen molar-refractivity contribution in [3.8, 4) is 5.69 Å². The van der Waals surface area contributed by atoms with Gasteiger partial charge in [0.05, 0.1) is 17.6 Å². The van der Waals surface area contributed by atoms with E-state index in [9.17, 15) is 13.2 Å². The third-order valence-corrected chi connectivity index (χ3v) is 4.28. The number of carbonyl (C=O) groups is 1. The molecule has 3 heterocycles. The number of nitrogens with zero attached hydrogens (tertiary/aromatic N) is 4. The molecule has 154 valence electrons. The van der Waals surface area contributed by atoms with Gasteiger partial charge in [0.1, 0.15) is 0 Å². The molecule has 3 rings (SSSR count). The van der Waals surface area contributed by atoms with Crippen LogP contribution in [-0.4, -0.2) is 56.0 Å². The molecule has 0 aromatic carbocycles. The van der Waals surface area contributed by atoms with Gasteiger partial charge >= 0.3 is 12.1 Å². The Balaban J connectivity index is 0.000000345. The second-order valence-electron chi connectivity index (χ2n) is 6.59. The molecule has 0 saturated carbocycles. The van der Waals surface area contributed by atoms with E-state index in [4.69, 9.17) is 15.6 Å². The van der Waals surface area contributed by atoms with E-state index in [-0.39, 0.29) is 0 Å². The van der Waals surface area contributed by atoms with Crippen molar-refractivity contribution in [2.45, 2.75) is 44.4 Å². The Hall–Kier alpha value is -2.46. The highest BCUT2D eigenvalue weighted by Crippen LogP contribution is 2.15. The van der Waals surface area contributed by atoms with Crippen molar-refractivity contribution >= 4 is 5.97 Å². The first-order valence-electron chi connectivity index (χ1n) is 8.98. The molecule has 1 fully saturated rings. The first-order valence-corrected chi connectivity index (χ1v) is 8.98. The summed E-state index contributed by atoms with van der Waals surface area (Å²) in [4.78, 5) is 15.5. The van der Waals surface area contributed by atoms with Crippen LogP contribution in [0.5, 0.6) is 0 Å². The van der Waals surface area contributed by atoms with E-state index in [0.717, 1.165) is 31.7 Å². The summed E-state index contributed by atoms with van der Waals surface area (Å²) in [6.45, 7) is 2.98. The number of carboxylic acids is 1. The Morgan fingerprint density at radius 3 is 2.64 bits per heavy atom. The zero-order valence-electron chi connectivity index (χ0n) is 15.3. The van der Waals surface area contributed by atoms with Crippen LogP contribution in [-0.2, 0) is 11.3 Å². The first kappa shape index (κ1) is 21.8. The van der Waals surface area contributed by atoms with Crippen molar-refractivity contribution in [1.29, 1.82) is 0 Å². The summed E-state index contributed by atoms with van der Waals surface area (Å²) in [5.41, 5.74) is 8.40. The monoisotopic (exact) mass is 399 g/mol. The van der Waals surface area contributed by atoms with Crippen LogP contribution in [0.4, 0.5) is 13.2 Å². The molecule has 10 heteroatoms. The van der Waals surface area contributed by atoms with Crippen molar-refractivity contribution < 1.29 is 23.1 Å². The van der Waals surface area contributed by atoms with Crippen molar-refractivity contribution in [3.05, 3.63) is 42.5 Å². The van der Waals surface area contributed by atoms with E-state index < -0.39 is 12.1 Å². The van der Waals surface area contributed by atoms with Gasteiger partial charge in [0, 0.05) is 31.5 Å². The standard InChI is InChI=1S/C16H23N5.C2HF3O2/c17-14-5-2-1-3-10-20(12-14)13-16-7-9-19-21(16)15-6-4-8-18-11-15;3-2(4,5)1(6)7/h4,6-9,11,14H,1-3,5,10,12-13,17H2;(H,6,7). The summed E-state index contributed by atoms with van der Waals surface area (Å²) in [6, 6.07) is 6.34. The third-order valence-electron chi connectivity index (χ3n) is 4.28. The molecule has 2 aromatic heterocycles. The van der Waals surface area contributed by atoms with E-state index in [1.54, 1.807) is 6.20 Å². The summed E-state index contributed by atoms with van der Waals surface area (Å²) in [7, 11) is 0. The Kier molecular flexibility index (Phi) is 7.94. The summed E-state index contributed by atoms with van der Waals surface area (Å²) in [5, 5.41) is 11.6. The molecule has 3 N–H and O–H groups in total. The van der Waals surface area contributed by atoms with Crippen LogP contribution in [0.25, 0.3) is 5.69 Å². The predicted octanol–water partition coefficient (Wildman–Crippen LogP) is 2.60. The van der Waals surface area contributed by atoms with Crippen molar-refractivity contribution in [3.63, 3.8) is 0 Å². The maximum Gasteiger partial charge on any atom is 0.490 e. The second-order valence-corrected chi connectivity index (χ2v) is 6.59. The minimum absolute atomic E-state index is 0.292. The fourth-order valence-electron chi connectivity index (χ4n) is 2.97. The quantitative estimate of drug-likeness (QED) is 0.824. The van der Waals surface area contributed by atoms with Gasteiger partial charge < -0.3 is 10.8 Å². The number of aromatic nitrogens is 3. The number of halogens is 3. The Labute approximate surface area is 161 Å². The number of rotatable bonds is 3. The molecule has 7 nitrogen and oxygen atoms in total. The Morgan fingerprint density at radius 2 is 2.00 bits per heavy atom. The number of hydrogen-bond donors (Lipinski definition) is 2. The van der Waals surface area contributed by atoms with Gasteiger partial charge in [-0.2, -0.15) is 18.3 Å².